The number of benzene rings is 2. The number of anilines is 1. The molecule has 0 unspecified atom stereocenters. The van der Waals surface area contributed by atoms with Crippen LogP contribution >= 0.6 is 11.6 Å². The van der Waals surface area contributed by atoms with Gasteiger partial charge in [-0.2, -0.15) is 0 Å². The van der Waals surface area contributed by atoms with Gasteiger partial charge in [0.2, 0.25) is 17.8 Å². The smallest absolute Gasteiger partial charge is 0.225 e. The number of halogens is 1. The lowest BCUT2D eigenvalue weighted by atomic mass is 9.85. The lowest BCUT2D eigenvalue weighted by molar-refractivity contribution is -0.132. The highest BCUT2D eigenvalue weighted by molar-refractivity contribution is 6.30. The molecule has 1 N–H and O–H groups in total. The van der Waals surface area contributed by atoms with Crippen LogP contribution in [-0.2, 0) is 16.0 Å². The van der Waals surface area contributed by atoms with Crippen LogP contribution < -0.4 is 10.2 Å². The van der Waals surface area contributed by atoms with Crippen LogP contribution in [-0.4, -0.2) is 58.4 Å². The number of hydrogen-bond acceptors (Lipinski definition) is 5. The molecule has 2 aliphatic rings. The Labute approximate surface area is 204 Å². The maximum atomic E-state index is 13.0. The van der Waals surface area contributed by atoms with Gasteiger partial charge < -0.3 is 15.1 Å². The Kier molecular flexibility index (Phi) is 6.37. The van der Waals surface area contributed by atoms with Crippen molar-refractivity contribution in [2.45, 2.75) is 37.6 Å². The zero-order valence-corrected chi connectivity index (χ0v) is 19.8. The van der Waals surface area contributed by atoms with Gasteiger partial charge in [-0.05, 0) is 43.0 Å². The number of rotatable bonds is 6. The van der Waals surface area contributed by atoms with Crippen molar-refractivity contribution in [3.05, 3.63) is 65.3 Å². The van der Waals surface area contributed by atoms with Gasteiger partial charge in [0, 0.05) is 61.2 Å². The molecule has 176 valence electrons. The summed E-state index contributed by atoms with van der Waals surface area (Å²) in [4.78, 5) is 38.3. The fraction of sp³-hybridized carbons (Fsp3) is 0.385. The van der Waals surface area contributed by atoms with E-state index in [9.17, 15) is 9.59 Å². The first kappa shape index (κ1) is 22.6. The van der Waals surface area contributed by atoms with Crippen molar-refractivity contribution in [2.75, 3.05) is 31.1 Å². The molecule has 2 saturated heterocycles. The Hall–Kier alpha value is -3.19. The predicted molar refractivity (Wildman–Crippen MR) is 133 cm³/mol. The van der Waals surface area contributed by atoms with Crippen LogP contribution in [0.5, 0.6) is 0 Å². The highest BCUT2D eigenvalue weighted by atomic mass is 35.5. The molecule has 0 aliphatic carbocycles. The summed E-state index contributed by atoms with van der Waals surface area (Å²) in [7, 11) is 0. The van der Waals surface area contributed by atoms with Crippen molar-refractivity contribution in [2.24, 2.45) is 0 Å². The first-order valence-electron chi connectivity index (χ1n) is 11.8. The number of amides is 2. The fourth-order valence-electron chi connectivity index (χ4n) is 4.95. The number of aromatic nitrogens is 2. The second kappa shape index (κ2) is 9.58. The third kappa shape index (κ3) is 4.99. The summed E-state index contributed by atoms with van der Waals surface area (Å²) in [6.07, 6.45) is 4.86. The zero-order valence-electron chi connectivity index (χ0n) is 19.0. The van der Waals surface area contributed by atoms with Crippen molar-refractivity contribution in [3.63, 3.8) is 0 Å². The van der Waals surface area contributed by atoms with E-state index in [-0.39, 0.29) is 17.4 Å². The van der Waals surface area contributed by atoms with E-state index in [1.165, 1.54) is 0 Å². The molecular formula is C26H28ClN5O2. The number of carbonyl (C=O) groups excluding carboxylic acids is 2. The van der Waals surface area contributed by atoms with Crippen molar-refractivity contribution in [1.29, 1.82) is 0 Å². The Bertz CT molecular complexity index is 1190. The minimum atomic E-state index is -0.374. The predicted octanol–water partition coefficient (Wildman–Crippen LogP) is 3.60. The highest BCUT2D eigenvalue weighted by Gasteiger charge is 2.38. The average molecular weight is 478 g/mol. The molecule has 2 amide bonds. The Morgan fingerprint density at radius 1 is 1.06 bits per heavy atom. The maximum Gasteiger partial charge on any atom is 0.225 e. The monoisotopic (exact) mass is 477 g/mol. The van der Waals surface area contributed by atoms with Crippen LogP contribution in [0.15, 0.2) is 54.7 Å². The summed E-state index contributed by atoms with van der Waals surface area (Å²) in [6, 6.07) is 15.7. The summed E-state index contributed by atoms with van der Waals surface area (Å²) >= 11 is 6.02. The van der Waals surface area contributed by atoms with Crippen molar-refractivity contribution < 1.29 is 9.59 Å². The number of nitrogens with zero attached hydrogens (tertiary/aromatic N) is 4. The quantitative estimate of drug-likeness (QED) is 0.587. The molecule has 0 radical (unpaired) electrons. The summed E-state index contributed by atoms with van der Waals surface area (Å²) in [5.41, 5.74) is 1.67. The zero-order chi connectivity index (χ0) is 23.5. The number of fused-ring (bicyclic) bond motifs is 1. The van der Waals surface area contributed by atoms with E-state index >= 15 is 0 Å². The van der Waals surface area contributed by atoms with Crippen LogP contribution in [0, 0.1) is 0 Å². The third-order valence-corrected chi connectivity index (χ3v) is 7.15. The second-order valence-electron chi connectivity index (χ2n) is 9.23. The molecule has 0 saturated carbocycles. The summed E-state index contributed by atoms with van der Waals surface area (Å²) in [5.74, 6) is 0.905. The molecule has 34 heavy (non-hydrogen) atoms. The SMILES string of the molecule is O=C1CC[C@](CCC(=O)N2CCN(c3ncc4ccccc4n3)CC2)(Cc2ccc(Cl)cc2)N1. The Morgan fingerprint density at radius 3 is 2.56 bits per heavy atom. The average Bonchev–Trinajstić information content (AvgIpc) is 3.24. The van der Waals surface area contributed by atoms with Gasteiger partial charge in [0.05, 0.1) is 5.52 Å². The van der Waals surface area contributed by atoms with Gasteiger partial charge in [-0.15, -0.1) is 0 Å². The van der Waals surface area contributed by atoms with Crippen molar-refractivity contribution >= 4 is 40.3 Å². The van der Waals surface area contributed by atoms with Gasteiger partial charge in [0.15, 0.2) is 0 Å². The number of piperazine rings is 1. The van der Waals surface area contributed by atoms with Crippen molar-refractivity contribution in [1.82, 2.24) is 20.2 Å². The van der Waals surface area contributed by atoms with E-state index < -0.39 is 0 Å². The van der Waals surface area contributed by atoms with Gasteiger partial charge in [0.1, 0.15) is 0 Å². The first-order valence-corrected chi connectivity index (χ1v) is 12.2. The van der Waals surface area contributed by atoms with Crippen LogP contribution in [0.1, 0.15) is 31.2 Å². The summed E-state index contributed by atoms with van der Waals surface area (Å²) in [6.45, 7) is 2.70. The molecule has 5 rings (SSSR count). The van der Waals surface area contributed by atoms with Gasteiger partial charge in [-0.3, -0.25) is 9.59 Å². The molecule has 2 fully saturated rings. The van der Waals surface area contributed by atoms with Crippen LogP contribution in [0.2, 0.25) is 5.02 Å². The summed E-state index contributed by atoms with van der Waals surface area (Å²) in [5, 5.41) is 4.88. The van der Waals surface area contributed by atoms with E-state index in [1.807, 2.05) is 59.6 Å². The Morgan fingerprint density at radius 2 is 1.82 bits per heavy atom. The molecular weight excluding hydrogens is 450 g/mol. The molecule has 2 aromatic carbocycles. The molecule has 8 heteroatoms. The number of nitrogens with one attached hydrogen (secondary N) is 1. The molecule has 1 atom stereocenters. The van der Waals surface area contributed by atoms with Crippen LogP contribution in [0.3, 0.4) is 0 Å². The Balaban J connectivity index is 1.18. The van der Waals surface area contributed by atoms with Gasteiger partial charge in [-0.1, -0.05) is 41.9 Å². The third-order valence-electron chi connectivity index (χ3n) is 6.90. The summed E-state index contributed by atoms with van der Waals surface area (Å²) < 4.78 is 0. The molecule has 0 spiro atoms. The second-order valence-corrected chi connectivity index (χ2v) is 9.66. The van der Waals surface area contributed by atoms with E-state index in [4.69, 9.17) is 11.6 Å². The van der Waals surface area contributed by atoms with Crippen LogP contribution in [0.4, 0.5) is 5.95 Å². The van der Waals surface area contributed by atoms with E-state index in [0.29, 0.717) is 62.8 Å². The van der Waals surface area contributed by atoms with Crippen molar-refractivity contribution in [3.8, 4) is 0 Å². The molecule has 1 aromatic heterocycles. The topological polar surface area (TPSA) is 78.4 Å². The maximum absolute atomic E-state index is 13.0. The van der Waals surface area contributed by atoms with Gasteiger partial charge in [0.25, 0.3) is 0 Å². The molecule has 3 heterocycles. The molecule has 7 nitrogen and oxygen atoms in total. The van der Waals surface area contributed by atoms with Crippen LogP contribution in [0.25, 0.3) is 10.9 Å². The minimum Gasteiger partial charge on any atom is -0.350 e. The van der Waals surface area contributed by atoms with E-state index in [0.717, 1.165) is 22.9 Å². The molecule has 3 aromatic rings. The normalized spacial score (nSPS) is 20.6. The van der Waals surface area contributed by atoms with Gasteiger partial charge in [-0.25, -0.2) is 9.97 Å². The number of para-hydroxylation sites is 1. The lowest BCUT2D eigenvalue weighted by Gasteiger charge is -2.36. The lowest BCUT2D eigenvalue weighted by Crippen LogP contribution is -2.50. The largest absolute Gasteiger partial charge is 0.350 e. The highest BCUT2D eigenvalue weighted by Crippen LogP contribution is 2.30. The van der Waals surface area contributed by atoms with E-state index in [1.54, 1.807) is 0 Å². The molecule has 0 bridgehead atoms. The minimum absolute atomic E-state index is 0.0606. The van der Waals surface area contributed by atoms with Gasteiger partial charge >= 0.3 is 0 Å². The number of hydrogen-bond donors (Lipinski definition) is 1. The fourth-order valence-corrected chi connectivity index (χ4v) is 5.08. The molecule has 2 aliphatic heterocycles. The standard InChI is InChI=1S/C26H28ClN5O2/c27-21-7-5-19(6-8-21)17-26(11-9-23(33)30-26)12-10-24(34)31-13-15-32(16-14-31)25-28-18-20-3-1-2-4-22(20)29-25/h1-8,18H,9-17H2,(H,30,33)/t26-/m0/s1. The first-order chi connectivity index (χ1) is 16.5. The number of carbonyl (C=O) groups is 2. The van der Waals surface area contributed by atoms with E-state index in [2.05, 4.69) is 20.2 Å².